The lowest BCUT2D eigenvalue weighted by Crippen LogP contribution is -1.90. The SMILES string of the molecule is Cc1cccc(-c2[nH]ncc2C2=CN2)n1. The first-order valence-corrected chi connectivity index (χ1v) is 4.79. The summed E-state index contributed by atoms with van der Waals surface area (Å²) in [5.41, 5.74) is 5.09. The van der Waals surface area contributed by atoms with E-state index in [0.29, 0.717) is 0 Å². The van der Waals surface area contributed by atoms with Crippen LogP contribution in [0.15, 0.2) is 30.6 Å². The molecule has 1 aliphatic rings. The molecular formula is C11H10N4. The van der Waals surface area contributed by atoms with Crippen molar-refractivity contribution in [1.82, 2.24) is 20.5 Å². The number of hydrogen-bond donors (Lipinski definition) is 2. The van der Waals surface area contributed by atoms with E-state index in [9.17, 15) is 0 Å². The van der Waals surface area contributed by atoms with Crippen molar-refractivity contribution < 1.29 is 0 Å². The molecule has 2 N–H and O–H groups in total. The van der Waals surface area contributed by atoms with Crippen LogP contribution in [-0.4, -0.2) is 15.2 Å². The Hall–Kier alpha value is -2.10. The van der Waals surface area contributed by atoms with Gasteiger partial charge in [0.25, 0.3) is 0 Å². The van der Waals surface area contributed by atoms with E-state index in [2.05, 4.69) is 20.5 Å². The normalized spacial score (nSPS) is 13.3. The van der Waals surface area contributed by atoms with Gasteiger partial charge in [-0.05, 0) is 19.1 Å². The van der Waals surface area contributed by atoms with Crippen LogP contribution in [0.2, 0.25) is 0 Å². The van der Waals surface area contributed by atoms with Crippen molar-refractivity contribution in [2.75, 3.05) is 0 Å². The van der Waals surface area contributed by atoms with Crippen LogP contribution in [0.1, 0.15) is 11.3 Å². The first kappa shape index (κ1) is 8.23. The minimum atomic E-state index is 0.928. The van der Waals surface area contributed by atoms with E-state index < -0.39 is 0 Å². The molecule has 0 aliphatic carbocycles. The highest BCUT2D eigenvalue weighted by atomic mass is 15.1. The van der Waals surface area contributed by atoms with E-state index in [-0.39, 0.29) is 0 Å². The Kier molecular flexibility index (Phi) is 1.62. The summed E-state index contributed by atoms with van der Waals surface area (Å²) in [7, 11) is 0. The lowest BCUT2D eigenvalue weighted by Gasteiger charge is -2.00. The number of aromatic amines is 1. The number of nitrogens with zero attached hydrogens (tertiary/aromatic N) is 2. The van der Waals surface area contributed by atoms with Gasteiger partial charge in [-0.25, -0.2) is 0 Å². The minimum Gasteiger partial charge on any atom is -0.358 e. The predicted octanol–water partition coefficient (Wildman–Crippen LogP) is 1.68. The summed E-state index contributed by atoms with van der Waals surface area (Å²) in [6.07, 6.45) is 3.76. The third-order valence-corrected chi connectivity index (χ3v) is 2.36. The highest BCUT2D eigenvalue weighted by molar-refractivity contribution is 5.82. The summed E-state index contributed by atoms with van der Waals surface area (Å²) in [5, 5.41) is 10.1. The molecule has 74 valence electrons. The molecule has 0 radical (unpaired) electrons. The van der Waals surface area contributed by atoms with Crippen LogP contribution in [0, 0.1) is 6.92 Å². The second-order valence-electron chi connectivity index (χ2n) is 3.53. The van der Waals surface area contributed by atoms with Gasteiger partial charge in [0.05, 0.1) is 23.3 Å². The first-order valence-electron chi connectivity index (χ1n) is 4.79. The van der Waals surface area contributed by atoms with Crippen LogP contribution in [0.5, 0.6) is 0 Å². The number of rotatable bonds is 2. The van der Waals surface area contributed by atoms with Crippen molar-refractivity contribution in [2.24, 2.45) is 0 Å². The minimum absolute atomic E-state index is 0.928. The van der Waals surface area contributed by atoms with Gasteiger partial charge in [0.1, 0.15) is 0 Å². The van der Waals surface area contributed by atoms with Crippen molar-refractivity contribution in [2.45, 2.75) is 6.92 Å². The first-order chi connectivity index (χ1) is 7.34. The predicted molar refractivity (Wildman–Crippen MR) is 57.7 cm³/mol. The van der Waals surface area contributed by atoms with E-state index >= 15 is 0 Å². The Bertz CT molecular complexity index is 539. The Morgan fingerprint density at radius 3 is 2.87 bits per heavy atom. The average molecular weight is 198 g/mol. The number of pyridine rings is 1. The fourth-order valence-corrected chi connectivity index (χ4v) is 1.56. The number of hydrogen-bond acceptors (Lipinski definition) is 3. The van der Waals surface area contributed by atoms with E-state index in [1.807, 2.05) is 37.5 Å². The molecule has 0 spiro atoms. The second kappa shape index (κ2) is 2.95. The highest BCUT2D eigenvalue weighted by Gasteiger charge is 2.17. The largest absolute Gasteiger partial charge is 0.358 e. The Balaban J connectivity index is 2.12. The van der Waals surface area contributed by atoms with E-state index in [1.54, 1.807) is 0 Å². The molecule has 2 aromatic rings. The molecule has 0 amide bonds. The summed E-state index contributed by atoms with van der Waals surface area (Å²) >= 11 is 0. The summed E-state index contributed by atoms with van der Waals surface area (Å²) in [6.45, 7) is 1.98. The lowest BCUT2D eigenvalue weighted by molar-refractivity contribution is 1.08. The molecule has 1 aliphatic heterocycles. The quantitative estimate of drug-likeness (QED) is 0.771. The van der Waals surface area contributed by atoms with Crippen molar-refractivity contribution in [1.29, 1.82) is 0 Å². The van der Waals surface area contributed by atoms with Crippen LogP contribution >= 0.6 is 0 Å². The van der Waals surface area contributed by atoms with Gasteiger partial charge < -0.3 is 5.32 Å². The molecule has 15 heavy (non-hydrogen) atoms. The summed E-state index contributed by atoms with van der Waals surface area (Å²) < 4.78 is 0. The van der Waals surface area contributed by atoms with Crippen molar-refractivity contribution in [3.05, 3.63) is 41.9 Å². The molecule has 0 bridgehead atoms. The molecule has 4 nitrogen and oxygen atoms in total. The summed E-state index contributed by atoms with van der Waals surface area (Å²) in [5.74, 6) is 0. The fourth-order valence-electron chi connectivity index (χ4n) is 1.56. The molecule has 0 saturated heterocycles. The number of aromatic nitrogens is 3. The second-order valence-corrected chi connectivity index (χ2v) is 3.53. The van der Waals surface area contributed by atoms with Crippen LogP contribution in [0.25, 0.3) is 17.1 Å². The Morgan fingerprint density at radius 1 is 1.27 bits per heavy atom. The smallest absolute Gasteiger partial charge is 0.0928 e. The van der Waals surface area contributed by atoms with Crippen molar-refractivity contribution in [3.63, 3.8) is 0 Å². The van der Waals surface area contributed by atoms with Gasteiger partial charge in [-0.15, -0.1) is 0 Å². The van der Waals surface area contributed by atoms with E-state index in [1.165, 1.54) is 0 Å². The molecule has 0 fully saturated rings. The van der Waals surface area contributed by atoms with Crippen LogP contribution in [-0.2, 0) is 0 Å². The summed E-state index contributed by atoms with van der Waals surface area (Å²) in [4.78, 5) is 4.46. The molecule has 3 heterocycles. The summed E-state index contributed by atoms with van der Waals surface area (Å²) in [6, 6.07) is 5.96. The molecule has 0 atom stereocenters. The molecule has 0 aromatic carbocycles. The molecule has 4 heteroatoms. The standard InChI is InChI=1S/C11H10N4/c1-7-3-2-4-9(14-7)11-8(5-13-15-11)10-6-12-10/h2-6,12H,1H3,(H,13,15). The zero-order valence-electron chi connectivity index (χ0n) is 8.28. The van der Waals surface area contributed by atoms with Crippen molar-refractivity contribution in [3.8, 4) is 11.4 Å². The number of nitrogens with one attached hydrogen (secondary N) is 2. The van der Waals surface area contributed by atoms with Gasteiger partial charge in [-0.1, -0.05) is 6.07 Å². The maximum Gasteiger partial charge on any atom is 0.0928 e. The van der Waals surface area contributed by atoms with E-state index in [0.717, 1.165) is 28.3 Å². The van der Waals surface area contributed by atoms with E-state index in [4.69, 9.17) is 0 Å². The molecule has 3 rings (SSSR count). The molecule has 0 unspecified atom stereocenters. The van der Waals surface area contributed by atoms with Crippen LogP contribution in [0.4, 0.5) is 0 Å². The zero-order valence-corrected chi connectivity index (χ0v) is 8.28. The highest BCUT2D eigenvalue weighted by Crippen LogP contribution is 2.27. The van der Waals surface area contributed by atoms with Crippen LogP contribution < -0.4 is 5.32 Å². The molecule has 0 saturated carbocycles. The number of aryl methyl sites for hydroxylation is 1. The average Bonchev–Trinajstić information content (AvgIpc) is 2.96. The molecular weight excluding hydrogens is 188 g/mol. The zero-order chi connectivity index (χ0) is 10.3. The van der Waals surface area contributed by atoms with Gasteiger partial charge in [0.2, 0.25) is 0 Å². The van der Waals surface area contributed by atoms with Gasteiger partial charge in [0.15, 0.2) is 0 Å². The molecule has 2 aromatic heterocycles. The monoisotopic (exact) mass is 198 g/mol. The van der Waals surface area contributed by atoms with Gasteiger partial charge in [-0.2, -0.15) is 5.10 Å². The van der Waals surface area contributed by atoms with Crippen molar-refractivity contribution >= 4 is 5.70 Å². The Labute approximate surface area is 87.1 Å². The third kappa shape index (κ3) is 1.40. The van der Waals surface area contributed by atoms with Gasteiger partial charge in [0, 0.05) is 17.5 Å². The topological polar surface area (TPSA) is 63.5 Å². The Morgan fingerprint density at radius 2 is 2.13 bits per heavy atom. The fraction of sp³-hybridized carbons (Fsp3) is 0.0909. The lowest BCUT2D eigenvalue weighted by atomic mass is 10.1. The maximum atomic E-state index is 4.46. The van der Waals surface area contributed by atoms with Gasteiger partial charge in [-0.3, -0.25) is 10.1 Å². The maximum absolute atomic E-state index is 4.46. The van der Waals surface area contributed by atoms with Crippen LogP contribution in [0.3, 0.4) is 0 Å². The third-order valence-electron chi connectivity index (χ3n) is 2.36. The van der Waals surface area contributed by atoms with Gasteiger partial charge >= 0.3 is 0 Å². The number of H-pyrrole nitrogens is 1.